The zero-order valence-corrected chi connectivity index (χ0v) is 9.19. The Balaban J connectivity index is 0.000000337. The lowest BCUT2D eigenvalue weighted by atomic mass is 9.94. The van der Waals surface area contributed by atoms with Crippen LogP contribution < -0.4 is 10.5 Å². The third kappa shape index (κ3) is 3.27. The molecule has 3 heteroatoms. The largest absolute Gasteiger partial charge is 0.488 e. The monoisotopic (exact) mass is 207 g/mol. The van der Waals surface area contributed by atoms with E-state index in [4.69, 9.17) is 9.53 Å². The van der Waals surface area contributed by atoms with E-state index >= 15 is 0 Å². The van der Waals surface area contributed by atoms with E-state index in [1.807, 2.05) is 6.07 Å². The maximum Gasteiger partial charge on any atom is 0.204 e. The molecule has 2 rings (SSSR count). The number of aryl methyl sites for hydroxylation is 1. The van der Waals surface area contributed by atoms with E-state index in [9.17, 15) is 0 Å². The molecule has 1 aliphatic rings. The number of fused-ring (bicyclic) bond motifs is 1. The first-order valence-corrected chi connectivity index (χ1v) is 5.01. The quantitative estimate of drug-likeness (QED) is 0.660. The predicted octanol–water partition coefficient (Wildman–Crippen LogP) is 1.89. The maximum absolute atomic E-state index is 8.58. The molecule has 0 aliphatic carbocycles. The predicted molar refractivity (Wildman–Crippen MR) is 59.7 cm³/mol. The first-order valence-electron chi connectivity index (χ1n) is 5.01. The fourth-order valence-electron chi connectivity index (χ4n) is 1.59. The minimum Gasteiger partial charge on any atom is -0.488 e. The Kier molecular flexibility index (Phi) is 3.72. The van der Waals surface area contributed by atoms with Gasteiger partial charge in [0.05, 0.1) is 0 Å². The van der Waals surface area contributed by atoms with E-state index in [1.54, 1.807) is 0 Å². The molecule has 0 bridgehead atoms. The van der Waals surface area contributed by atoms with Crippen molar-refractivity contribution in [1.29, 1.82) is 0 Å². The second kappa shape index (κ2) is 4.82. The molecule has 0 fully saturated rings. The molecule has 82 valence electrons. The topological polar surface area (TPSA) is 52.3 Å². The zero-order valence-electron chi connectivity index (χ0n) is 9.19. The first kappa shape index (κ1) is 11.6. The van der Waals surface area contributed by atoms with Crippen LogP contribution in [0.1, 0.15) is 25.8 Å². The van der Waals surface area contributed by atoms with Crippen molar-refractivity contribution in [3.05, 3.63) is 29.8 Å². The SMILES string of the molecule is CC1(C)CCc2ccccc2O1.NC=O. The third-order valence-corrected chi connectivity index (χ3v) is 2.36. The van der Waals surface area contributed by atoms with Gasteiger partial charge in [-0.15, -0.1) is 0 Å². The van der Waals surface area contributed by atoms with Gasteiger partial charge in [0.15, 0.2) is 0 Å². The van der Waals surface area contributed by atoms with Gasteiger partial charge < -0.3 is 10.5 Å². The summed E-state index contributed by atoms with van der Waals surface area (Å²) in [7, 11) is 0. The second-order valence-electron chi connectivity index (χ2n) is 4.11. The smallest absolute Gasteiger partial charge is 0.204 e. The van der Waals surface area contributed by atoms with Crippen LogP contribution in [0.4, 0.5) is 0 Å². The van der Waals surface area contributed by atoms with Gasteiger partial charge in [-0.3, -0.25) is 4.79 Å². The molecule has 0 radical (unpaired) electrons. The number of nitrogens with two attached hydrogens (primary N) is 1. The van der Waals surface area contributed by atoms with Crippen LogP contribution in [0.25, 0.3) is 0 Å². The number of carbonyl (C=O) groups is 1. The minimum absolute atomic E-state index is 0.0222. The standard InChI is InChI=1S/C11H14O.CH3NO/c1-11(2)8-7-9-5-3-4-6-10(9)12-11;2-1-3/h3-6H,7-8H2,1-2H3;1H,(H2,2,3). The van der Waals surface area contributed by atoms with Gasteiger partial charge in [0.25, 0.3) is 0 Å². The van der Waals surface area contributed by atoms with Crippen molar-refractivity contribution in [3.8, 4) is 5.75 Å². The molecule has 0 spiro atoms. The summed E-state index contributed by atoms with van der Waals surface area (Å²) >= 11 is 0. The lowest BCUT2D eigenvalue weighted by Crippen LogP contribution is -2.32. The lowest BCUT2D eigenvalue weighted by molar-refractivity contribution is -0.106. The highest BCUT2D eigenvalue weighted by Crippen LogP contribution is 2.32. The van der Waals surface area contributed by atoms with Gasteiger partial charge in [-0.2, -0.15) is 0 Å². The van der Waals surface area contributed by atoms with Gasteiger partial charge in [0.1, 0.15) is 11.4 Å². The Labute approximate surface area is 90.2 Å². The van der Waals surface area contributed by atoms with Crippen molar-refractivity contribution in [2.75, 3.05) is 0 Å². The molecule has 1 amide bonds. The molecule has 2 N–H and O–H groups in total. The van der Waals surface area contributed by atoms with Crippen LogP contribution in [-0.4, -0.2) is 12.0 Å². The summed E-state index contributed by atoms with van der Waals surface area (Å²) in [4.78, 5) is 8.58. The number of amides is 1. The molecular weight excluding hydrogens is 190 g/mol. The Morgan fingerprint density at radius 2 is 2.00 bits per heavy atom. The molecule has 0 saturated carbocycles. The molecule has 1 heterocycles. The third-order valence-electron chi connectivity index (χ3n) is 2.36. The molecule has 0 unspecified atom stereocenters. The summed E-state index contributed by atoms with van der Waals surface area (Å²) < 4.78 is 5.82. The average Bonchev–Trinajstić information content (AvgIpc) is 2.17. The highest BCUT2D eigenvalue weighted by molar-refractivity contribution is 5.42. The van der Waals surface area contributed by atoms with E-state index in [0.717, 1.165) is 18.6 Å². The number of benzene rings is 1. The van der Waals surface area contributed by atoms with E-state index in [0.29, 0.717) is 0 Å². The highest BCUT2D eigenvalue weighted by Gasteiger charge is 2.25. The summed E-state index contributed by atoms with van der Waals surface area (Å²) in [6, 6.07) is 8.29. The lowest BCUT2D eigenvalue weighted by Gasteiger charge is -2.32. The van der Waals surface area contributed by atoms with Crippen molar-refractivity contribution in [1.82, 2.24) is 0 Å². The summed E-state index contributed by atoms with van der Waals surface area (Å²) in [5, 5.41) is 0. The van der Waals surface area contributed by atoms with Crippen LogP contribution in [0.3, 0.4) is 0 Å². The molecule has 0 atom stereocenters. The van der Waals surface area contributed by atoms with Crippen molar-refractivity contribution < 1.29 is 9.53 Å². The maximum atomic E-state index is 8.58. The van der Waals surface area contributed by atoms with Crippen molar-refractivity contribution in [2.24, 2.45) is 5.73 Å². The highest BCUT2D eigenvalue weighted by atomic mass is 16.5. The number of rotatable bonds is 0. The van der Waals surface area contributed by atoms with Gasteiger partial charge in [0, 0.05) is 0 Å². The minimum atomic E-state index is 0.0222. The summed E-state index contributed by atoms with van der Waals surface area (Å²) in [6.45, 7) is 4.28. The van der Waals surface area contributed by atoms with Crippen molar-refractivity contribution in [3.63, 3.8) is 0 Å². The van der Waals surface area contributed by atoms with E-state index in [1.165, 1.54) is 5.56 Å². The first-order chi connectivity index (χ1) is 7.09. The fourth-order valence-corrected chi connectivity index (χ4v) is 1.59. The molecule has 1 aromatic rings. The van der Waals surface area contributed by atoms with E-state index < -0.39 is 0 Å². The molecule has 0 saturated heterocycles. The molecule has 1 aliphatic heterocycles. The fraction of sp³-hybridized carbons (Fsp3) is 0.417. The molecule has 15 heavy (non-hydrogen) atoms. The Hall–Kier alpha value is -1.51. The summed E-state index contributed by atoms with van der Waals surface area (Å²) in [5.74, 6) is 1.06. The Morgan fingerprint density at radius 3 is 2.67 bits per heavy atom. The van der Waals surface area contributed by atoms with Crippen molar-refractivity contribution in [2.45, 2.75) is 32.3 Å². The second-order valence-corrected chi connectivity index (χ2v) is 4.11. The van der Waals surface area contributed by atoms with Gasteiger partial charge in [-0.1, -0.05) is 18.2 Å². The van der Waals surface area contributed by atoms with Crippen LogP contribution in [0.5, 0.6) is 5.75 Å². The van der Waals surface area contributed by atoms with Gasteiger partial charge in [-0.25, -0.2) is 0 Å². The van der Waals surface area contributed by atoms with Crippen LogP contribution >= 0.6 is 0 Å². The average molecular weight is 207 g/mol. The van der Waals surface area contributed by atoms with Crippen molar-refractivity contribution >= 4 is 6.41 Å². The number of para-hydroxylation sites is 1. The zero-order chi connectivity index (χ0) is 11.3. The Morgan fingerprint density at radius 1 is 1.40 bits per heavy atom. The van der Waals surface area contributed by atoms with Gasteiger partial charge in [-0.05, 0) is 38.3 Å². The number of primary amides is 1. The summed E-state index contributed by atoms with van der Waals surface area (Å²) in [5.41, 5.74) is 5.53. The van der Waals surface area contributed by atoms with Gasteiger partial charge in [0.2, 0.25) is 6.41 Å². The number of carbonyl (C=O) groups excluding carboxylic acids is 1. The Bertz CT molecular complexity index is 334. The summed E-state index contributed by atoms with van der Waals surface area (Å²) in [6.07, 6.45) is 2.51. The van der Waals surface area contributed by atoms with E-state index in [2.05, 4.69) is 37.8 Å². The van der Waals surface area contributed by atoms with E-state index in [-0.39, 0.29) is 12.0 Å². The molecular formula is C12H17NO2. The van der Waals surface area contributed by atoms with Crippen LogP contribution in [0.2, 0.25) is 0 Å². The molecule has 0 aromatic heterocycles. The number of hydrogen-bond donors (Lipinski definition) is 1. The van der Waals surface area contributed by atoms with Crippen LogP contribution in [0.15, 0.2) is 24.3 Å². The van der Waals surface area contributed by atoms with Crippen LogP contribution in [-0.2, 0) is 11.2 Å². The van der Waals surface area contributed by atoms with Crippen LogP contribution in [0, 0.1) is 0 Å². The number of ether oxygens (including phenoxy) is 1. The van der Waals surface area contributed by atoms with Gasteiger partial charge >= 0.3 is 0 Å². The normalized spacial score (nSPS) is 16.4. The molecule has 1 aromatic carbocycles. The molecule has 3 nitrogen and oxygen atoms in total. The number of hydrogen-bond acceptors (Lipinski definition) is 2.